The van der Waals surface area contributed by atoms with E-state index in [1.165, 1.54) is 4.88 Å². The predicted octanol–water partition coefficient (Wildman–Crippen LogP) is 4.71. The topological polar surface area (TPSA) is 42.4 Å². The zero-order valence-electron chi connectivity index (χ0n) is 15.8. The van der Waals surface area contributed by atoms with Crippen molar-refractivity contribution in [3.05, 3.63) is 58.0 Å². The van der Waals surface area contributed by atoms with E-state index in [-0.39, 0.29) is 11.7 Å². The van der Waals surface area contributed by atoms with Gasteiger partial charge in [0.05, 0.1) is 12.1 Å². The van der Waals surface area contributed by atoms with Crippen molar-refractivity contribution in [2.75, 3.05) is 20.2 Å². The van der Waals surface area contributed by atoms with Crippen LogP contribution in [0.2, 0.25) is 0 Å². The first-order chi connectivity index (χ1) is 13.1. The third kappa shape index (κ3) is 4.04. The summed E-state index contributed by atoms with van der Waals surface area (Å²) in [5.74, 6) is 1.17. The second-order valence-corrected chi connectivity index (χ2v) is 8.53. The number of ketones is 1. The summed E-state index contributed by atoms with van der Waals surface area (Å²) in [5, 5.41) is 3.27. The number of likely N-dealkylation sites (tertiary alicyclic amines) is 1. The Kier molecular flexibility index (Phi) is 5.23. The highest BCUT2D eigenvalue weighted by Gasteiger charge is 2.27. The van der Waals surface area contributed by atoms with Gasteiger partial charge in [0.1, 0.15) is 5.75 Å². The van der Waals surface area contributed by atoms with Gasteiger partial charge in [0.15, 0.2) is 5.78 Å². The smallest absolute Gasteiger partial charge is 0.167 e. The Labute approximate surface area is 163 Å². The van der Waals surface area contributed by atoms with Crippen LogP contribution in [0, 0.1) is 12.8 Å². The molecule has 1 saturated heterocycles. The molecule has 0 amide bonds. The highest BCUT2D eigenvalue weighted by Crippen LogP contribution is 2.26. The molecule has 2 aromatic carbocycles. The van der Waals surface area contributed by atoms with Gasteiger partial charge in [0.2, 0.25) is 0 Å². The van der Waals surface area contributed by atoms with Crippen LogP contribution in [0.3, 0.4) is 0 Å². The number of methoxy groups -OCH3 is 1. The van der Waals surface area contributed by atoms with Gasteiger partial charge in [0, 0.05) is 35.6 Å². The van der Waals surface area contributed by atoms with Crippen LogP contribution >= 0.6 is 11.3 Å². The highest BCUT2D eigenvalue weighted by molar-refractivity contribution is 7.11. The number of aryl methyl sites for hydroxylation is 1. The molecule has 0 N–H and O–H groups in total. The molecule has 5 heteroatoms. The third-order valence-corrected chi connectivity index (χ3v) is 6.15. The average Bonchev–Trinajstić information content (AvgIpc) is 3.11. The zero-order chi connectivity index (χ0) is 18.8. The summed E-state index contributed by atoms with van der Waals surface area (Å²) in [6.45, 7) is 4.81. The number of carbonyl (C=O) groups is 1. The third-order valence-electron chi connectivity index (χ3n) is 5.26. The molecule has 1 fully saturated rings. The number of aromatic nitrogens is 1. The van der Waals surface area contributed by atoms with E-state index in [0.29, 0.717) is 0 Å². The minimum atomic E-state index is 0.0727. The molecule has 0 spiro atoms. The van der Waals surface area contributed by atoms with Crippen LogP contribution in [0.25, 0.3) is 10.8 Å². The number of piperidine rings is 1. The minimum Gasteiger partial charge on any atom is -0.497 e. The zero-order valence-corrected chi connectivity index (χ0v) is 16.6. The van der Waals surface area contributed by atoms with Gasteiger partial charge in [0.25, 0.3) is 0 Å². The monoisotopic (exact) mass is 380 g/mol. The van der Waals surface area contributed by atoms with Crippen LogP contribution in [0.1, 0.15) is 33.1 Å². The van der Waals surface area contributed by atoms with Crippen LogP contribution in [0.15, 0.2) is 42.6 Å². The summed E-state index contributed by atoms with van der Waals surface area (Å²) in [4.78, 5) is 21.1. The minimum absolute atomic E-state index is 0.0727. The van der Waals surface area contributed by atoms with Gasteiger partial charge < -0.3 is 4.74 Å². The molecule has 4 rings (SSSR count). The van der Waals surface area contributed by atoms with Crippen molar-refractivity contribution in [2.45, 2.75) is 26.3 Å². The Hall–Kier alpha value is -2.24. The first-order valence-electron chi connectivity index (χ1n) is 9.38. The van der Waals surface area contributed by atoms with Crippen molar-refractivity contribution in [2.24, 2.45) is 5.92 Å². The fourth-order valence-corrected chi connectivity index (χ4v) is 4.69. The summed E-state index contributed by atoms with van der Waals surface area (Å²) in [7, 11) is 1.67. The molecule has 140 valence electrons. The lowest BCUT2D eigenvalue weighted by Gasteiger charge is -2.31. The van der Waals surface area contributed by atoms with E-state index < -0.39 is 0 Å². The molecule has 0 bridgehead atoms. The predicted molar refractivity (Wildman–Crippen MR) is 110 cm³/mol. The Morgan fingerprint density at radius 2 is 2.07 bits per heavy atom. The normalized spacial score (nSPS) is 17.9. The molecule has 1 aliphatic rings. The van der Waals surface area contributed by atoms with E-state index in [0.717, 1.165) is 59.6 Å². The molecule has 27 heavy (non-hydrogen) atoms. The van der Waals surface area contributed by atoms with Crippen LogP contribution in [0.4, 0.5) is 0 Å². The second-order valence-electron chi connectivity index (χ2n) is 7.21. The molecular formula is C22H24N2O2S. The lowest BCUT2D eigenvalue weighted by atomic mass is 9.89. The summed E-state index contributed by atoms with van der Waals surface area (Å²) < 4.78 is 5.28. The SMILES string of the molecule is COc1ccc2cc(C(=O)[C@H]3CCCN(Cc4cnc(C)s4)C3)ccc2c1. The van der Waals surface area contributed by atoms with Crippen LogP contribution in [-0.4, -0.2) is 35.9 Å². The fourth-order valence-electron chi connectivity index (χ4n) is 3.85. The number of carbonyl (C=O) groups excluding carboxylic acids is 1. The molecule has 0 saturated carbocycles. The van der Waals surface area contributed by atoms with E-state index >= 15 is 0 Å². The van der Waals surface area contributed by atoms with Gasteiger partial charge in [-0.1, -0.05) is 18.2 Å². The molecular weight excluding hydrogens is 356 g/mol. The van der Waals surface area contributed by atoms with Gasteiger partial charge in [-0.25, -0.2) is 4.98 Å². The van der Waals surface area contributed by atoms with E-state index in [1.807, 2.05) is 49.5 Å². The van der Waals surface area contributed by atoms with Gasteiger partial charge in [-0.3, -0.25) is 9.69 Å². The number of Topliss-reactive ketones (excluding diaryl/α,β-unsaturated/α-hetero) is 1. The Morgan fingerprint density at radius 3 is 2.85 bits per heavy atom. The van der Waals surface area contributed by atoms with Gasteiger partial charge in [-0.15, -0.1) is 11.3 Å². The number of benzene rings is 2. The molecule has 3 aromatic rings. The van der Waals surface area contributed by atoms with Crippen molar-refractivity contribution in [1.29, 1.82) is 0 Å². The first-order valence-corrected chi connectivity index (χ1v) is 10.2. The van der Waals surface area contributed by atoms with Gasteiger partial charge in [-0.2, -0.15) is 0 Å². The second kappa shape index (κ2) is 7.79. The lowest BCUT2D eigenvalue weighted by Crippen LogP contribution is -2.38. The van der Waals surface area contributed by atoms with Crippen LogP contribution in [0.5, 0.6) is 5.75 Å². The molecule has 0 unspecified atom stereocenters. The standard InChI is InChI=1S/C22H24N2O2S/c1-15-23-12-21(27-15)14-24-9-3-4-19(13-24)22(25)18-6-5-17-11-20(26-2)8-7-16(17)10-18/h5-8,10-12,19H,3-4,9,13-14H2,1-2H3/t19-/m0/s1. The summed E-state index contributed by atoms with van der Waals surface area (Å²) in [6.07, 6.45) is 4.00. The summed E-state index contributed by atoms with van der Waals surface area (Å²) in [5.41, 5.74) is 0.813. The Balaban J connectivity index is 1.48. The molecule has 1 aromatic heterocycles. The van der Waals surface area contributed by atoms with Crippen LogP contribution < -0.4 is 4.74 Å². The maximum atomic E-state index is 13.1. The lowest BCUT2D eigenvalue weighted by molar-refractivity contribution is 0.0813. The number of ether oxygens (including phenoxy) is 1. The molecule has 1 atom stereocenters. The Bertz CT molecular complexity index is 966. The van der Waals surface area contributed by atoms with Crippen molar-refractivity contribution in [3.8, 4) is 5.75 Å². The molecule has 4 nitrogen and oxygen atoms in total. The summed E-state index contributed by atoms with van der Waals surface area (Å²) >= 11 is 1.74. The molecule has 1 aliphatic heterocycles. The van der Waals surface area contributed by atoms with Crippen molar-refractivity contribution < 1.29 is 9.53 Å². The highest BCUT2D eigenvalue weighted by atomic mass is 32.1. The van der Waals surface area contributed by atoms with Gasteiger partial charge >= 0.3 is 0 Å². The average molecular weight is 381 g/mol. The molecule has 2 heterocycles. The largest absolute Gasteiger partial charge is 0.497 e. The number of hydrogen-bond donors (Lipinski definition) is 0. The number of nitrogens with zero attached hydrogens (tertiary/aromatic N) is 2. The van der Waals surface area contributed by atoms with Crippen molar-refractivity contribution in [1.82, 2.24) is 9.88 Å². The van der Waals surface area contributed by atoms with Crippen molar-refractivity contribution >= 4 is 27.9 Å². The first kappa shape index (κ1) is 18.1. The van der Waals surface area contributed by atoms with Gasteiger partial charge in [-0.05, 0) is 55.3 Å². The van der Waals surface area contributed by atoms with E-state index in [9.17, 15) is 4.79 Å². The number of rotatable bonds is 5. The van der Waals surface area contributed by atoms with Crippen LogP contribution in [-0.2, 0) is 6.54 Å². The van der Waals surface area contributed by atoms with E-state index in [4.69, 9.17) is 4.74 Å². The fraction of sp³-hybridized carbons (Fsp3) is 0.364. The molecule has 0 aliphatic carbocycles. The van der Waals surface area contributed by atoms with E-state index in [2.05, 4.69) is 9.88 Å². The summed E-state index contributed by atoms with van der Waals surface area (Å²) in [6, 6.07) is 12.0. The number of fused-ring (bicyclic) bond motifs is 1. The maximum Gasteiger partial charge on any atom is 0.167 e. The Morgan fingerprint density at radius 1 is 1.26 bits per heavy atom. The quantitative estimate of drug-likeness (QED) is 0.601. The van der Waals surface area contributed by atoms with Crippen molar-refractivity contribution in [3.63, 3.8) is 0 Å². The maximum absolute atomic E-state index is 13.1. The number of thiazole rings is 1. The number of hydrogen-bond acceptors (Lipinski definition) is 5. The van der Waals surface area contributed by atoms with E-state index in [1.54, 1.807) is 18.4 Å². The molecule has 0 radical (unpaired) electrons.